The molecule has 0 bridgehead atoms. The van der Waals surface area contributed by atoms with Crippen molar-refractivity contribution in [2.24, 2.45) is 5.73 Å². The van der Waals surface area contributed by atoms with Gasteiger partial charge in [-0.05, 0) is 24.3 Å². The van der Waals surface area contributed by atoms with Crippen molar-refractivity contribution in [3.8, 4) is 5.75 Å². The summed E-state index contributed by atoms with van der Waals surface area (Å²) in [6.07, 6.45) is 1.99. The van der Waals surface area contributed by atoms with Crippen LogP contribution in [-0.2, 0) is 11.2 Å². The predicted octanol–water partition coefficient (Wildman–Crippen LogP) is -0.359. The summed E-state index contributed by atoms with van der Waals surface area (Å²) in [6, 6.07) is 6.43. The molecule has 21 heavy (non-hydrogen) atoms. The van der Waals surface area contributed by atoms with Crippen molar-refractivity contribution in [2.75, 3.05) is 13.2 Å². The molecule has 2 amide bonds. The maximum atomic E-state index is 11.9. The lowest BCUT2D eigenvalue weighted by Crippen LogP contribution is -2.26. The molecule has 4 N–H and O–H groups in total. The highest BCUT2D eigenvalue weighted by Gasteiger charge is 2.06. The molecule has 0 unspecified atom stereocenters. The first-order chi connectivity index (χ1) is 10.1. The maximum absolute atomic E-state index is 11.9. The normalized spacial score (nSPS) is 10.1. The van der Waals surface area contributed by atoms with Gasteiger partial charge in [0.2, 0.25) is 0 Å². The zero-order valence-electron chi connectivity index (χ0n) is 11.2. The molecule has 0 saturated heterocycles. The van der Waals surface area contributed by atoms with E-state index < -0.39 is 5.91 Å². The Bertz CT molecular complexity index is 595. The van der Waals surface area contributed by atoms with Gasteiger partial charge in [-0.3, -0.25) is 14.7 Å². The standard InChI is InChI=1S/C13H15N5O3/c14-11(19)7-21-10-3-1-9(2-4-10)13(20)15-6-5-12-16-8-17-18-12/h1-4,8H,5-7H2,(H2,14,19)(H,15,20)(H,16,17,18). The zero-order chi connectivity index (χ0) is 15.1. The fourth-order valence-corrected chi connectivity index (χ4v) is 1.60. The van der Waals surface area contributed by atoms with E-state index >= 15 is 0 Å². The van der Waals surface area contributed by atoms with Crippen LogP contribution in [0.2, 0.25) is 0 Å². The Morgan fingerprint density at radius 1 is 1.29 bits per heavy atom. The van der Waals surface area contributed by atoms with Gasteiger partial charge in [0.15, 0.2) is 6.61 Å². The summed E-state index contributed by atoms with van der Waals surface area (Å²) in [4.78, 5) is 26.4. The number of amides is 2. The molecular weight excluding hydrogens is 274 g/mol. The Morgan fingerprint density at radius 2 is 2.05 bits per heavy atom. The first-order valence-electron chi connectivity index (χ1n) is 6.29. The SMILES string of the molecule is NC(=O)COc1ccc(C(=O)NCCc2ncn[nH]2)cc1. The lowest BCUT2D eigenvalue weighted by molar-refractivity contribution is -0.119. The summed E-state index contributed by atoms with van der Waals surface area (Å²) in [5.41, 5.74) is 5.47. The zero-order valence-corrected chi connectivity index (χ0v) is 11.2. The van der Waals surface area contributed by atoms with Gasteiger partial charge in [0.1, 0.15) is 17.9 Å². The van der Waals surface area contributed by atoms with Crippen molar-refractivity contribution in [1.29, 1.82) is 0 Å². The van der Waals surface area contributed by atoms with Gasteiger partial charge in [0.25, 0.3) is 11.8 Å². The van der Waals surface area contributed by atoms with Crippen LogP contribution in [0.25, 0.3) is 0 Å². The average molecular weight is 289 g/mol. The van der Waals surface area contributed by atoms with Crippen molar-refractivity contribution >= 4 is 11.8 Å². The van der Waals surface area contributed by atoms with Gasteiger partial charge in [-0.1, -0.05) is 0 Å². The van der Waals surface area contributed by atoms with E-state index in [1.807, 2.05) is 0 Å². The van der Waals surface area contributed by atoms with E-state index in [1.54, 1.807) is 24.3 Å². The molecule has 8 heteroatoms. The first-order valence-corrected chi connectivity index (χ1v) is 6.29. The van der Waals surface area contributed by atoms with Crippen molar-refractivity contribution < 1.29 is 14.3 Å². The van der Waals surface area contributed by atoms with Crippen molar-refractivity contribution in [3.05, 3.63) is 42.0 Å². The van der Waals surface area contributed by atoms with E-state index in [9.17, 15) is 9.59 Å². The molecule has 0 spiro atoms. The highest BCUT2D eigenvalue weighted by molar-refractivity contribution is 5.94. The van der Waals surface area contributed by atoms with Crippen LogP contribution in [0.1, 0.15) is 16.2 Å². The van der Waals surface area contributed by atoms with Crippen LogP contribution in [-0.4, -0.2) is 40.1 Å². The average Bonchev–Trinajstić information content (AvgIpc) is 2.99. The van der Waals surface area contributed by atoms with Crippen LogP contribution >= 0.6 is 0 Å². The Balaban J connectivity index is 1.80. The van der Waals surface area contributed by atoms with Crippen molar-refractivity contribution in [1.82, 2.24) is 20.5 Å². The van der Waals surface area contributed by atoms with Crippen LogP contribution in [0, 0.1) is 0 Å². The molecule has 0 atom stereocenters. The number of hydrogen-bond acceptors (Lipinski definition) is 5. The number of hydrogen-bond donors (Lipinski definition) is 3. The van der Waals surface area contributed by atoms with E-state index in [1.165, 1.54) is 6.33 Å². The molecule has 2 rings (SSSR count). The van der Waals surface area contributed by atoms with Gasteiger partial charge < -0.3 is 15.8 Å². The van der Waals surface area contributed by atoms with Crippen molar-refractivity contribution in [2.45, 2.75) is 6.42 Å². The van der Waals surface area contributed by atoms with Crippen LogP contribution in [0.5, 0.6) is 5.75 Å². The summed E-state index contributed by atoms with van der Waals surface area (Å²) in [6.45, 7) is 0.261. The predicted molar refractivity (Wildman–Crippen MR) is 73.6 cm³/mol. The highest BCUT2D eigenvalue weighted by atomic mass is 16.5. The lowest BCUT2D eigenvalue weighted by Gasteiger charge is -2.06. The number of benzene rings is 1. The van der Waals surface area contributed by atoms with Crippen LogP contribution in [0.15, 0.2) is 30.6 Å². The fraction of sp³-hybridized carbons (Fsp3) is 0.231. The minimum atomic E-state index is -0.552. The minimum absolute atomic E-state index is 0.192. The monoisotopic (exact) mass is 289 g/mol. The summed E-state index contributed by atoms with van der Waals surface area (Å²) in [5.74, 6) is 0.442. The van der Waals surface area contributed by atoms with E-state index in [-0.39, 0.29) is 12.5 Å². The number of aromatic amines is 1. The van der Waals surface area contributed by atoms with Gasteiger partial charge in [-0.25, -0.2) is 4.98 Å². The number of nitrogens with one attached hydrogen (secondary N) is 2. The third-order valence-electron chi connectivity index (χ3n) is 2.61. The summed E-state index contributed by atoms with van der Waals surface area (Å²) >= 11 is 0. The Labute approximate surface area is 120 Å². The molecule has 110 valence electrons. The van der Waals surface area contributed by atoms with Gasteiger partial charge in [-0.2, -0.15) is 5.10 Å². The smallest absolute Gasteiger partial charge is 0.255 e. The molecule has 0 aliphatic carbocycles. The number of carbonyl (C=O) groups is 2. The fourth-order valence-electron chi connectivity index (χ4n) is 1.60. The number of H-pyrrole nitrogens is 1. The molecule has 0 aliphatic heterocycles. The quantitative estimate of drug-likeness (QED) is 0.642. The van der Waals surface area contributed by atoms with Crippen LogP contribution < -0.4 is 15.8 Å². The molecule has 1 aromatic carbocycles. The number of primary amides is 1. The molecule has 0 aliphatic rings. The highest BCUT2D eigenvalue weighted by Crippen LogP contribution is 2.11. The molecule has 1 heterocycles. The molecule has 1 aromatic heterocycles. The Hall–Kier alpha value is -2.90. The van der Waals surface area contributed by atoms with E-state index in [2.05, 4.69) is 20.5 Å². The summed E-state index contributed by atoms with van der Waals surface area (Å²) in [5, 5.41) is 9.20. The van der Waals surface area contributed by atoms with Gasteiger partial charge in [0.05, 0.1) is 0 Å². The Morgan fingerprint density at radius 3 is 2.67 bits per heavy atom. The minimum Gasteiger partial charge on any atom is -0.484 e. The second-order valence-electron chi connectivity index (χ2n) is 4.22. The largest absolute Gasteiger partial charge is 0.484 e. The summed E-state index contributed by atoms with van der Waals surface area (Å²) < 4.78 is 5.11. The number of rotatable bonds is 7. The molecule has 8 nitrogen and oxygen atoms in total. The van der Waals surface area contributed by atoms with Crippen LogP contribution in [0.3, 0.4) is 0 Å². The van der Waals surface area contributed by atoms with E-state index in [0.29, 0.717) is 30.1 Å². The lowest BCUT2D eigenvalue weighted by atomic mass is 10.2. The first kappa shape index (κ1) is 14.5. The molecule has 2 aromatic rings. The maximum Gasteiger partial charge on any atom is 0.255 e. The van der Waals surface area contributed by atoms with Gasteiger partial charge >= 0.3 is 0 Å². The van der Waals surface area contributed by atoms with E-state index in [0.717, 1.165) is 0 Å². The van der Waals surface area contributed by atoms with Gasteiger partial charge in [0, 0.05) is 18.5 Å². The second-order valence-corrected chi connectivity index (χ2v) is 4.22. The van der Waals surface area contributed by atoms with E-state index in [4.69, 9.17) is 10.5 Å². The second kappa shape index (κ2) is 7.04. The number of nitrogens with zero attached hydrogens (tertiary/aromatic N) is 2. The molecule has 0 radical (unpaired) electrons. The van der Waals surface area contributed by atoms with Gasteiger partial charge in [-0.15, -0.1) is 0 Å². The molecule has 0 saturated carbocycles. The molecule has 0 fully saturated rings. The number of aromatic nitrogens is 3. The van der Waals surface area contributed by atoms with Crippen molar-refractivity contribution in [3.63, 3.8) is 0 Å². The number of nitrogens with two attached hydrogens (primary N) is 1. The summed E-state index contributed by atoms with van der Waals surface area (Å²) in [7, 11) is 0. The number of carbonyl (C=O) groups excluding carboxylic acids is 2. The third kappa shape index (κ3) is 4.60. The number of ether oxygens (including phenoxy) is 1. The van der Waals surface area contributed by atoms with Crippen LogP contribution in [0.4, 0.5) is 0 Å². The topological polar surface area (TPSA) is 123 Å². The molecular formula is C13H15N5O3. The third-order valence-corrected chi connectivity index (χ3v) is 2.61. The Kier molecular flexibility index (Phi) is 4.86.